The van der Waals surface area contributed by atoms with E-state index in [9.17, 15) is 0 Å². The Balaban J connectivity index is 2.30. The van der Waals surface area contributed by atoms with Gasteiger partial charge in [-0.1, -0.05) is 35.4 Å². The fourth-order valence-electron chi connectivity index (χ4n) is 1.32. The Morgan fingerprint density at radius 3 is 2.44 bits per heavy atom. The van der Waals surface area contributed by atoms with Crippen LogP contribution in [0.5, 0.6) is 0 Å². The number of hydrogen-bond donors (Lipinski definition) is 0. The maximum absolute atomic E-state index is 5.30. The Bertz CT molecular complexity index is 85.0. The molecular formula is C7H13IO. The summed E-state index contributed by atoms with van der Waals surface area (Å²) in [5.41, 5.74) is 0. The van der Waals surface area contributed by atoms with Gasteiger partial charge in [0.2, 0.25) is 0 Å². The quantitative estimate of drug-likeness (QED) is 0.505. The molecule has 0 heterocycles. The first kappa shape index (κ1) is 7.79. The minimum absolute atomic E-state index is 0.541. The van der Waals surface area contributed by atoms with Crippen LogP contribution in [-0.4, -0.2) is 17.1 Å². The topological polar surface area (TPSA) is 9.23 Å². The minimum Gasteiger partial charge on any atom is -0.380 e. The third-order valence-electron chi connectivity index (χ3n) is 1.92. The molecule has 9 heavy (non-hydrogen) atoms. The van der Waals surface area contributed by atoms with Gasteiger partial charge in [-0.25, -0.2) is 0 Å². The fraction of sp³-hybridized carbons (Fsp3) is 1.00. The van der Waals surface area contributed by atoms with Gasteiger partial charge in [-0.15, -0.1) is 0 Å². The monoisotopic (exact) mass is 240 g/mol. The molecule has 1 fully saturated rings. The second kappa shape index (κ2) is 3.76. The highest BCUT2D eigenvalue weighted by atomic mass is 127. The van der Waals surface area contributed by atoms with Crippen molar-refractivity contribution in [3.8, 4) is 0 Å². The van der Waals surface area contributed by atoms with Crippen LogP contribution in [0.2, 0.25) is 0 Å². The van der Waals surface area contributed by atoms with Gasteiger partial charge in [0.1, 0.15) is 0 Å². The molecule has 0 amide bonds. The normalized spacial score (nSPS) is 36.7. The summed E-state index contributed by atoms with van der Waals surface area (Å²) in [4.78, 5) is 0. The Morgan fingerprint density at radius 2 is 2.00 bits per heavy atom. The molecule has 1 saturated carbocycles. The van der Waals surface area contributed by atoms with E-state index in [0.29, 0.717) is 6.10 Å². The van der Waals surface area contributed by atoms with E-state index in [1.165, 1.54) is 25.7 Å². The van der Waals surface area contributed by atoms with Crippen molar-refractivity contribution < 1.29 is 4.74 Å². The van der Waals surface area contributed by atoms with E-state index in [1.54, 1.807) is 0 Å². The van der Waals surface area contributed by atoms with E-state index < -0.39 is 0 Å². The van der Waals surface area contributed by atoms with Crippen molar-refractivity contribution in [1.29, 1.82) is 0 Å². The second-order valence-electron chi connectivity index (χ2n) is 2.57. The first-order chi connectivity index (χ1) is 4.34. The van der Waals surface area contributed by atoms with Crippen LogP contribution < -0.4 is 0 Å². The molecule has 0 bridgehead atoms. The van der Waals surface area contributed by atoms with Crippen molar-refractivity contribution in [1.82, 2.24) is 0 Å². The second-order valence-corrected chi connectivity index (χ2v) is 4.17. The molecule has 2 heteroatoms. The summed E-state index contributed by atoms with van der Waals surface area (Å²) in [5, 5.41) is 0. The number of hydrogen-bond acceptors (Lipinski definition) is 1. The lowest BCUT2D eigenvalue weighted by atomic mass is 9.98. The van der Waals surface area contributed by atoms with Crippen LogP contribution in [0.15, 0.2) is 0 Å². The van der Waals surface area contributed by atoms with Gasteiger partial charge in [0, 0.05) is 11.0 Å². The van der Waals surface area contributed by atoms with Crippen LogP contribution in [-0.2, 0) is 4.74 Å². The molecule has 1 aliphatic carbocycles. The molecular weight excluding hydrogens is 227 g/mol. The Hall–Kier alpha value is 0.690. The van der Waals surface area contributed by atoms with Crippen molar-refractivity contribution in [3.63, 3.8) is 0 Å². The number of halogens is 1. The predicted molar refractivity (Wildman–Crippen MR) is 47.1 cm³/mol. The summed E-state index contributed by atoms with van der Waals surface area (Å²) < 4.78 is 6.06. The third-order valence-corrected chi connectivity index (χ3v) is 3.35. The van der Waals surface area contributed by atoms with Gasteiger partial charge < -0.3 is 4.74 Å². The number of rotatable bonds is 1. The molecule has 0 N–H and O–H groups in total. The lowest BCUT2D eigenvalue weighted by Gasteiger charge is -2.25. The van der Waals surface area contributed by atoms with E-state index >= 15 is 0 Å². The van der Waals surface area contributed by atoms with Crippen molar-refractivity contribution in [3.05, 3.63) is 0 Å². The summed E-state index contributed by atoms with van der Waals surface area (Å²) >= 11 is 2.49. The molecule has 0 unspecified atom stereocenters. The van der Waals surface area contributed by atoms with Crippen LogP contribution in [0.3, 0.4) is 0 Å². The van der Waals surface area contributed by atoms with Gasteiger partial charge in [0.05, 0.1) is 6.10 Å². The van der Waals surface area contributed by atoms with E-state index in [-0.39, 0.29) is 0 Å². The molecule has 2 atom stereocenters. The van der Waals surface area contributed by atoms with Crippen molar-refractivity contribution in [2.75, 3.05) is 7.11 Å². The summed E-state index contributed by atoms with van der Waals surface area (Å²) in [7, 11) is 1.82. The van der Waals surface area contributed by atoms with Crippen LogP contribution in [0.25, 0.3) is 0 Å². The van der Waals surface area contributed by atoms with Crippen molar-refractivity contribution in [2.24, 2.45) is 0 Å². The lowest BCUT2D eigenvalue weighted by molar-refractivity contribution is 0.0804. The van der Waals surface area contributed by atoms with Gasteiger partial charge in [-0.2, -0.15) is 0 Å². The zero-order valence-corrected chi connectivity index (χ0v) is 7.93. The Morgan fingerprint density at radius 1 is 1.33 bits per heavy atom. The van der Waals surface area contributed by atoms with Gasteiger partial charge in [0.25, 0.3) is 0 Å². The van der Waals surface area contributed by atoms with Crippen LogP contribution in [0, 0.1) is 0 Å². The molecule has 0 aromatic carbocycles. The van der Waals surface area contributed by atoms with E-state index in [2.05, 4.69) is 22.6 Å². The molecule has 0 aromatic rings. The fourth-order valence-corrected chi connectivity index (χ4v) is 2.41. The van der Waals surface area contributed by atoms with Crippen molar-refractivity contribution in [2.45, 2.75) is 35.7 Å². The minimum atomic E-state index is 0.541. The largest absolute Gasteiger partial charge is 0.380 e. The zero-order valence-electron chi connectivity index (χ0n) is 5.77. The zero-order chi connectivity index (χ0) is 6.69. The smallest absolute Gasteiger partial charge is 0.0688 e. The summed E-state index contributed by atoms with van der Waals surface area (Å²) in [6.45, 7) is 0. The van der Waals surface area contributed by atoms with Gasteiger partial charge >= 0.3 is 0 Å². The average molecular weight is 240 g/mol. The highest BCUT2D eigenvalue weighted by Crippen LogP contribution is 2.26. The summed E-state index contributed by atoms with van der Waals surface area (Å²) in [6.07, 6.45) is 5.91. The predicted octanol–water partition coefficient (Wildman–Crippen LogP) is 2.38. The molecule has 0 spiro atoms. The molecule has 1 nitrogen and oxygen atoms in total. The number of methoxy groups -OCH3 is 1. The molecule has 0 radical (unpaired) electrons. The lowest BCUT2D eigenvalue weighted by Crippen LogP contribution is -2.26. The molecule has 0 aromatic heterocycles. The van der Waals surface area contributed by atoms with Crippen LogP contribution in [0.4, 0.5) is 0 Å². The highest BCUT2D eigenvalue weighted by molar-refractivity contribution is 14.1. The highest BCUT2D eigenvalue weighted by Gasteiger charge is 2.21. The molecule has 0 saturated heterocycles. The standard InChI is InChI=1S/C7H13IO/c1-9-7-5-3-2-4-6(7)8/h6-7H,2-5H2,1H3/t6-,7-/m1/s1. The number of ether oxygens (including phenoxy) is 1. The molecule has 1 aliphatic rings. The first-order valence-electron chi connectivity index (χ1n) is 3.51. The molecule has 0 aliphatic heterocycles. The Kier molecular flexibility index (Phi) is 3.26. The summed E-state index contributed by atoms with van der Waals surface area (Å²) in [6, 6.07) is 0. The Labute approximate surface area is 70.3 Å². The van der Waals surface area contributed by atoms with E-state index in [0.717, 1.165) is 3.92 Å². The maximum atomic E-state index is 5.30. The van der Waals surface area contributed by atoms with E-state index in [1.807, 2.05) is 7.11 Å². The number of alkyl halides is 1. The van der Waals surface area contributed by atoms with Crippen LogP contribution in [0.1, 0.15) is 25.7 Å². The van der Waals surface area contributed by atoms with Crippen LogP contribution >= 0.6 is 22.6 Å². The van der Waals surface area contributed by atoms with Gasteiger partial charge in [0.15, 0.2) is 0 Å². The SMILES string of the molecule is CO[C@@H]1CCCC[C@H]1I. The maximum Gasteiger partial charge on any atom is 0.0688 e. The summed E-state index contributed by atoms with van der Waals surface area (Å²) in [5.74, 6) is 0. The van der Waals surface area contributed by atoms with Gasteiger partial charge in [-0.3, -0.25) is 0 Å². The average Bonchev–Trinajstić information content (AvgIpc) is 1.89. The van der Waals surface area contributed by atoms with Crippen molar-refractivity contribution >= 4 is 22.6 Å². The van der Waals surface area contributed by atoms with Gasteiger partial charge in [-0.05, 0) is 12.8 Å². The molecule has 1 rings (SSSR count). The first-order valence-corrected chi connectivity index (χ1v) is 4.76. The van der Waals surface area contributed by atoms with E-state index in [4.69, 9.17) is 4.74 Å². The molecule has 54 valence electrons. The third kappa shape index (κ3) is 2.08.